The van der Waals surface area contributed by atoms with Gasteiger partial charge >= 0.3 is 6.03 Å². The lowest BCUT2D eigenvalue weighted by Gasteiger charge is -2.39. The molecule has 3 heterocycles. The normalized spacial score (nSPS) is 23.6. The van der Waals surface area contributed by atoms with Crippen LogP contribution in [-0.4, -0.2) is 34.2 Å². The number of benzene rings is 2. The van der Waals surface area contributed by atoms with Crippen LogP contribution in [-0.2, 0) is 6.54 Å². The zero-order chi connectivity index (χ0) is 24.8. The van der Waals surface area contributed by atoms with E-state index in [0.29, 0.717) is 28.0 Å². The van der Waals surface area contributed by atoms with Crippen LogP contribution in [0.3, 0.4) is 0 Å². The summed E-state index contributed by atoms with van der Waals surface area (Å²) in [6, 6.07) is 13.9. The smallest absolute Gasteiger partial charge is 0.319 e. The fraction of sp³-hybridized carbons (Fsp3) is 0.407. The lowest BCUT2D eigenvalue weighted by Crippen LogP contribution is -2.50. The lowest BCUT2D eigenvalue weighted by atomic mass is 9.95. The summed E-state index contributed by atoms with van der Waals surface area (Å²) in [5, 5.41) is 11.8. The maximum Gasteiger partial charge on any atom is 0.319 e. The second kappa shape index (κ2) is 10.0. The minimum atomic E-state index is -0.152. The van der Waals surface area contributed by atoms with Gasteiger partial charge in [-0.15, -0.1) is 0 Å². The van der Waals surface area contributed by atoms with Crippen LogP contribution in [0, 0.1) is 0 Å². The van der Waals surface area contributed by atoms with E-state index in [-0.39, 0.29) is 12.1 Å². The van der Waals surface area contributed by atoms with E-state index in [1.165, 1.54) is 0 Å². The number of carbonyl (C=O) groups is 1. The third kappa shape index (κ3) is 4.91. The number of carbonyl (C=O) groups excluding carboxylic acids is 1. The summed E-state index contributed by atoms with van der Waals surface area (Å²) in [5.41, 5.74) is 3.41. The molecule has 3 fully saturated rings. The summed E-state index contributed by atoms with van der Waals surface area (Å²) in [4.78, 5) is 15.2. The van der Waals surface area contributed by atoms with Crippen molar-refractivity contribution in [2.24, 2.45) is 0 Å². The number of piperidine rings is 1. The average Bonchev–Trinajstić information content (AvgIpc) is 3.57. The van der Waals surface area contributed by atoms with Gasteiger partial charge in [0.05, 0.1) is 10.0 Å². The number of urea groups is 1. The van der Waals surface area contributed by atoms with Crippen molar-refractivity contribution in [2.45, 2.75) is 69.1 Å². The van der Waals surface area contributed by atoms with Crippen molar-refractivity contribution in [3.05, 3.63) is 68.3 Å². The highest BCUT2D eigenvalue weighted by Gasteiger charge is 2.43. The van der Waals surface area contributed by atoms with E-state index < -0.39 is 0 Å². The highest BCUT2D eigenvalue weighted by atomic mass is 79.9. The van der Waals surface area contributed by atoms with Gasteiger partial charge < -0.3 is 15.2 Å². The molecule has 2 amide bonds. The molecule has 2 atom stereocenters. The standard InChI is InChI=1S/C27H27BrCl2N4O2/c28-16-6-8-17(9-7-16)31-27(35)32-18-12-19-10-11-20(13-18)34(19)14-21-25(33-36-26(21)15-4-5-15)24-22(29)2-1-3-23(24)30/h1-3,6-9,15,18-20H,4-5,10-14H2,(H2,31,32,35). The molecular weight excluding hydrogens is 563 g/mol. The molecule has 1 aromatic heterocycles. The van der Waals surface area contributed by atoms with Gasteiger partial charge in [-0.05, 0) is 74.9 Å². The summed E-state index contributed by atoms with van der Waals surface area (Å²) in [6.45, 7) is 0.763. The molecule has 3 aliphatic rings. The highest BCUT2D eigenvalue weighted by Crippen LogP contribution is 2.47. The Morgan fingerprint density at radius 1 is 1.03 bits per heavy atom. The van der Waals surface area contributed by atoms with E-state index in [9.17, 15) is 4.79 Å². The molecule has 2 saturated heterocycles. The predicted molar refractivity (Wildman–Crippen MR) is 146 cm³/mol. The van der Waals surface area contributed by atoms with Crippen LogP contribution >= 0.6 is 39.1 Å². The second-order valence-corrected chi connectivity index (χ2v) is 11.8. The van der Waals surface area contributed by atoms with Gasteiger partial charge in [-0.3, -0.25) is 4.90 Å². The quantitative estimate of drug-likeness (QED) is 0.310. The maximum atomic E-state index is 12.6. The average molecular weight is 590 g/mol. The van der Waals surface area contributed by atoms with Gasteiger partial charge in [-0.25, -0.2) is 4.79 Å². The first-order valence-corrected chi connectivity index (χ1v) is 14.0. The molecular formula is C27H27BrCl2N4O2. The molecule has 188 valence electrons. The number of hydrogen-bond donors (Lipinski definition) is 2. The monoisotopic (exact) mass is 588 g/mol. The van der Waals surface area contributed by atoms with Gasteiger partial charge in [0.25, 0.3) is 0 Å². The second-order valence-electron chi connectivity index (χ2n) is 10.1. The molecule has 6 nitrogen and oxygen atoms in total. The Labute approximate surface area is 228 Å². The number of rotatable bonds is 6. The van der Waals surface area contributed by atoms with Crippen molar-refractivity contribution in [2.75, 3.05) is 5.32 Å². The van der Waals surface area contributed by atoms with Crippen LogP contribution in [0.5, 0.6) is 0 Å². The summed E-state index contributed by atoms with van der Waals surface area (Å²) < 4.78 is 6.87. The van der Waals surface area contributed by atoms with E-state index >= 15 is 0 Å². The molecule has 2 unspecified atom stereocenters. The number of anilines is 1. The first-order valence-electron chi connectivity index (χ1n) is 12.5. The molecule has 9 heteroatoms. The first-order chi connectivity index (χ1) is 17.5. The summed E-state index contributed by atoms with van der Waals surface area (Å²) in [6.07, 6.45) is 6.37. The Bertz CT molecular complexity index is 1240. The molecule has 2 N–H and O–H groups in total. The molecule has 1 saturated carbocycles. The zero-order valence-corrected chi connectivity index (χ0v) is 22.7. The number of amides is 2. The molecule has 36 heavy (non-hydrogen) atoms. The fourth-order valence-electron chi connectivity index (χ4n) is 5.78. The third-order valence-corrected chi connectivity index (χ3v) is 8.79. The van der Waals surface area contributed by atoms with Crippen molar-refractivity contribution in [3.8, 4) is 11.3 Å². The van der Waals surface area contributed by atoms with E-state index in [1.807, 2.05) is 42.5 Å². The van der Waals surface area contributed by atoms with E-state index in [4.69, 9.17) is 27.7 Å². The number of nitrogens with zero attached hydrogens (tertiary/aromatic N) is 2. The lowest BCUT2D eigenvalue weighted by molar-refractivity contribution is 0.111. The van der Waals surface area contributed by atoms with E-state index in [1.54, 1.807) is 0 Å². The van der Waals surface area contributed by atoms with Gasteiger partial charge in [0.2, 0.25) is 0 Å². The molecule has 0 radical (unpaired) electrons. The van der Waals surface area contributed by atoms with Crippen LogP contribution in [0.25, 0.3) is 11.3 Å². The maximum absolute atomic E-state index is 12.6. The van der Waals surface area contributed by atoms with Crippen LogP contribution in [0.1, 0.15) is 55.8 Å². The van der Waals surface area contributed by atoms with Gasteiger partial charge in [0.1, 0.15) is 11.5 Å². The van der Waals surface area contributed by atoms with Crippen molar-refractivity contribution >= 4 is 50.9 Å². The summed E-state index contributed by atoms with van der Waals surface area (Å²) in [7, 11) is 0. The molecule has 2 aromatic carbocycles. The minimum Gasteiger partial charge on any atom is -0.360 e. The third-order valence-electron chi connectivity index (χ3n) is 7.63. The van der Waals surface area contributed by atoms with Crippen LogP contribution in [0.4, 0.5) is 10.5 Å². The number of halogens is 3. The van der Waals surface area contributed by atoms with Gasteiger partial charge in [-0.2, -0.15) is 0 Å². The Hall–Kier alpha value is -2.06. The van der Waals surface area contributed by atoms with E-state index in [0.717, 1.165) is 77.8 Å². The number of fused-ring (bicyclic) bond motifs is 2. The molecule has 2 bridgehead atoms. The van der Waals surface area contributed by atoms with Gasteiger partial charge in [0, 0.05) is 51.9 Å². The molecule has 3 aromatic rings. The Kier molecular flexibility index (Phi) is 6.75. The molecule has 6 rings (SSSR count). The number of hydrogen-bond acceptors (Lipinski definition) is 4. The topological polar surface area (TPSA) is 70.4 Å². The molecule has 0 spiro atoms. The van der Waals surface area contributed by atoms with Crippen LogP contribution in [0.2, 0.25) is 10.0 Å². The molecule has 1 aliphatic carbocycles. The Balaban J connectivity index is 1.17. The number of aromatic nitrogens is 1. The Morgan fingerprint density at radius 3 is 2.33 bits per heavy atom. The Morgan fingerprint density at radius 2 is 1.69 bits per heavy atom. The first kappa shape index (κ1) is 24.3. The van der Waals surface area contributed by atoms with E-state index in [2.05, 4.69) is 36.6 Å². The van der Waals surface area contributed by atoms with Crippen LogP contribution in [0.15, 0.2) is 51.5 Å². The minimum absolute atomic E-state index is 0.150. The largest absolute Gasteiger partial charge is 0.360 e. The zero-order valence-electron chi connectivity index (χ0n) is 19.6. The van der Waals surface area contributed by atoms with Crippen molar-refractivity contribution in [1.29, 1.82) is 0 Å². The van der Waals surface area contributed by atoms with Crippen molar-refractivity contribution < 1.29 is 9.32 Å². The molecule has 2 aliphatic heterocycles. The summed E-state index contributed by atoms with van der Waals surface area (Å²) >= 11 is 16.5. The van der Waals surface area contributed by atoms with Crippen molar-refractivity contribution in [1.82, 2.24) is 15.4 Å². The van der Waals surface area contributed by atoms with Gasteiger partial charge in [-0.1, -0.05) is 50.4 Å². The van der Waals surface area contributed by atoms with Crippen molar-refractivity contribution in [3.63, 3.8) is 0 Å². The highest BCUT2D eigenvalue weighted by molar-refractivity contribution is 9.10. The predicted octanol–water partition coefficient (Wildman–Crippen LogP) is 7.61. The SMILES string of the molecule is O=C(Nc1ccc(Br)cc1)NC1CC2CCC(C1)N2Cc1c(-c2c(Cl)cccc2Cl)noc1C1CC1. The summed E-state index contributed by atoms with van der Waals surface area (Å²) in [5.74, 6) is 1.41. The van der Waals surface area contributed by atoms with Gasteiger partial charge in [0.15, 0.2) is 0 Å². The number of nitrogens with one attached hydrogen (secondary N) is 2. The van der Waals surface area contributed by atoms with Crippen LogP contribution < -0.4 is 10.6 Å². The fourth-order valence-corrected chi connectivity index (χ4v) is 6.62.